The second-order valence-corrected chi connectivity index (χ2v) is 7.90. The zero-order chi connectivity index (χ0) is 26.7. The Kier molecular flexibility index (Phi) is 11.4. The van der Waals surface area contributed by atoms with Crippen LogP contribution in [0.3, 0.4) is 0 Å². The third-order valence-corrected chi connectivity index (χ3v) is 5.13. The van der Waals surface area contributed by atoms with Crippen molar-refractivity contribution < 1.29 is 44.1 Å². The fraction of sp³-hybridized carbons (Fsp3) is 0.632. The number of nitrogens with one attached hydrogen (secondary N) is 2. The molecule has 0 radical (unpaired) electrons. The standard InChI is InChI=1S/C19H31N7O9/c20-9(3-1-5-23-19(21)22)17(33)26-6-2-4-12(26)16(32)24-10(7-13(27)28)15(31)25-11(18(34)35)8-14(29)30/h9-12H,1-8,20H2,(H,24,32)(H,25,31)(H,27,28)(H,29,30)(H,34,35)(H4,21,22,23). The quantitative estimate of drug-likeness (QED) is 0.0650. The van der Waals surface area contributed by atoms with Gasteiger partial charge in [0.05, 0.1) is 18.9 Å². The third kappa shape index (κ3) is 9.83. The second-order valence-electron chi connectivity index (χ2n) is 7.90. The smallest absolute Gasteiger partial charge is 0.326 e. The minimum absolute atomic E-state index is 0.0984. The lowest BCUT2D eigenvalue weighted by Crippen LogP contribution is -2.57. The average molecular weight is 501 g/mol. The maximum Gasteiger partial charge on any atom is 0.326 e. The van der Waals surface area contributed by atoms with Crippen LogP contribution in [0.25, 0.3) is 0 Å². The molecule has 1 heterocycles. The van der Waals surface area contributed by atoms with Crippen LogP contribution in [-0.4, -0.2) is 99.1 Å². The van der Waals surface area contributed by atoms with Crippen LogP contribution in [0.1, 0.15) is 38.5 Å². The van der Waals surface area contributed by atoms with E-state index in [9.17, 15) is 28.8 Å². The molecule has 35 heavy (non-hydrogen) atoms. The number of hydrogen-bond donors (Lipinski definition) is 8. The summed E-state index contributed by atoms with van der Waals surface area (Å²) in [5, 5.41) is 31.1. The van der Waals surface area contributed by atoms with E-state index in [1.807, 2.05) is 5.32 Å². The fourth-order valence-corrected chi connectivity index (χ4v) is 3.46. The summed E-state index contributed by atoms with van der Waals surface area (Å²) < 4.78 is 0. The number of carbonyl (C=O) groups is 6. The third-order valence-electron chi connectivity index (χ3n) is 5.13. The lowest BCUT2D eigenvalue weighted by molar-refractivity contribution is -0.148. The minimum atomic E-state index is -1.84. The van der Waals surface area contributed by atoms with Gasteiger partial charge in [-0.05, 0) is 25.7 Å². The lowest BCUT2D eigenvalue weighted by Gasteiger charge is -2.28. The van der Waals surface area contributed by atoms with Gasteiger partial charge in [0.25, 0.3) is 0 Å². The number of hydrogen-bond acceptors (Lipinski definition) is 8. The highest BCUT2D eigenvalue weighted by Gasteiger charge is 2.38. The summed E-state index contributed by atoms with van der Waals surface area (Å²) in [6, 6.07) is -5.51. The Morgan fingerprint density at radius 2 is 1.57 bits per heavy atom. The van der Waals surface area contributed by atoms with Crippen molar-refractivity contribution in [3.63, 3.8) is 0 Å². The van der Waals surface area contributed by atoms with Gasteiger partial charge in [0.15, 0.2) is 5.96 Å². The summed E-state index contributed by atoms with van der Waals surface area (Å²) >= 11 is 0. The van der Waals surface area contributed by atoms with E-state index in [1.165, 1.54) is 4.90 Å². The number of aliphatic imine (C=N–C) groups is 1. The van der Waals surface area contributed by atoms with E-state index in [0.29, 0.717) is 12.8 Å². The van der Waals surface area contributed by atoms with Crippen molar-refractivity contribution in [3.05, 3.63) is 0 Å². The van der Waals surface area contributed by atoms with Crippen molar-refractivity contribution in [1.29, 1.82) is 0 Å². The summed E-state index contributed by atoms with van der Waals surface area (Å²) in [6.07, 6.45) is -0.513. The van der Waals surface area contributed by atoms with Crippen LogP contribution in [0.4, 0.5) is 0 Å². The Bertz CT molecular complexity index is 860. The van der Waals surface area contributed by atoms with E-state index >= 15 is 0 Å². The Balaban J connectivity index is 2.86. The van der Waals surface area contributed by atoms with Crippen LogP contribution in [0, 0.1) is 0 Å². The predicted molar refractivity (Wildman–Crippen MR) is 119 cm³/mol. The van der Waals surface area contributed by atoms with Gasteiger partial charge in [0, 0.05) is 13.1 Å². The molecule has 1 aliphatic heterocycles. The normalized spacial score (nSPS) is 17.5. The van der Waals surface area contributed by atoms with Crippen LogP contribution in [0.5, 0.6) is 0 Å². The molecular weight excluding hydrogens is 470 g/mol. The molecule has 0 saturated carbocycles. The molecule has 3 amide bonds. The van der Waals surface area contributed by atoms with Gasteiger partial charge in [-0.1, -0.05) is 0 Å². The average Bonchev–Trinajstić information content (AvgIpc) is 3.24. The number of guanidine groups is 1. The Morgan fingerprint density at radius 3 is 2.11 bits per heavy atom. The largest absolute Gasteiger partial charge is 0.481 e. The zero-order valence-electron chi connectivity index (χ0n) is 18.9. The molecule has 1 saturated heterocycles. The number of carbonyl (C=O) groups excluding carboxylic acids is 3. The van der Waals surface area contributed by atoms with E-state index in [0.717, 1.165) is 0 Å². The van der Waals surface area contributed by atoms with Crippen LogP contribution in [0.15, 0.2) is 4.99 Å². The van der Waals surface area contributed by atoms with Gasteiger partial charge in [0.2, 0.25) is 17.7 Å². The van der Waals surface area contributed by atoms with Crippen LogP contribution >= 0.6 is 0 Å². The Hall–Kier alpha value is -3.95. The first-order valence-corrected chi connectivity index (χ1v) is 10.7. The first kappa shape index (κ1) is 29.1. The zero-order valence-corrected chi connectivity index (χ0v) is 18.9. The number of rotatable bonds is 14. The van der Waals surface area contributed by atoms with Crippen LogP contribution < -0.4 is 27.8 Å². The number of aliphatic carboxylic acids is 3. The topological polar surface area (TPSA) is 281 Å². The molecule has 1 rings (SSSR count). The molecule has 0 aromatic heterocycles. The van der Waals surface area contributed by atoms with E-state index in [1.54, 1.807) is 0 Å². The van der Waals surface area contributed by atoms with Crippen molar-refractivity contribution >= 4 is 41.6 Å². The van der Waals surface area contributed by atoms with Crippen LogP contribution in [-0.2, 0) is 28.8 Å². The first-order valence-electron chi connectivity index (χ1n) is 10.7. The summed E-state index contributed by atoms with van der Waals surface area (Å²) in [7, 11) is 0. The molecule has 11 N–H and O–H groups in total. The highest BCUT2D eigenvalue weighted by molar-refractivity contribution is 5.96. The van der Waals surface area contributed by atoms with Gasteiger partial charge in [-0.25, -0.2) is 4.79 Å². The van der Waals surface area contributed by atoms with Gasteiger partial charge >= 0.3 is 17.9 Å². The monoisotopic (exact) mass is 501 g/mol. The van der Waals surface area contributed by atoms with Crippen molar-refractivity contribution in [2.75, 3.05) is 13.1 Å². The van der Waals surface area contributed by atoms with Gasteiger partial charge in [0.1, 0.15) is 18.1 Å². The summed E-state index contributed by atoms with van der Waals surface area (Å²) in [5.74, 6) is -7.26. The van der Waals surface area contributed by atoms with Crippen LogP contribution in [0.2, 0.25) is 0 Å². The van der Waals surface area contributed by atoms with Crippen molar-refractivity contribution in [2.24, 2.45) is 22.2 Å². The van der Waals surface area contributed by atoms with E-state index in [2.05, 4.69) is 10.3 Å². The molecule has 16 heteroatoms. The number of carboxylic acid groups (broad SMARTS) is 3. The SMILES string of the molecule is NC(N)=NCCCC(N)C(=O)N1CCCC1C(=O)NC(CC(=O)O)C(=O)NC(CC(=O)O)C(=O)O. The maximum absolute atomic E-state index is 12.8. The van der Waals surface area contributed by atoms with Gasteiger partial charge < -0.3 is 48.1 Å². The molecule has 16 nitrogen and oxygen atoms in total. The van der Waals surface area contributed by atoms with Gasteiger partial charge in [-0.3, -0.25) is 29.0 Å². The lowest BCUT2D eigenvalue weighted by atomic mass is 10.1. The Labute approximate surface area is 199 Å². The summed E-state index contributed by atoms with van der Waals surface area (Å²) in [4.78, 5) is 76.3. The summed E-state index contributed by atoms with van der Waals surface area (Å²) in [5.41, 5.74) is 16.4. The number of nitrogens with zero attached hydrogens (tertiary/aromatic N) is 2. The summed E-state index contributed by atoms with van der Waals surface area (Å²) in [6.45, 7) is 0.479. The molecule has 0 spiro atoms. The molecule has 0 aromatic rings. The van der Waals surface area contributed by atoms with E-state index < -0.39 is 72.6 Å². The highest BCUT2D eigenvalue weighted by atomic mass is 16.4. The molecule has 0 aromatic carbocycles. The second kappa shape index (κ2) is 13.7. The maximum atomic E-state index is 12.8. The van der Waals surface area contributed by atoms with Gasteiger partial charge in [-0.15, -0.1) is 0 Å². The minimum Gasteiger partial charge on any atom is -0.481 e. The number of nitrogens with two attached hydrogens (primary N) is 3. The molecule has 196 valence electrons. The molecule has 0 bridgehead atoms. The van der Waals surface area contributed by atoms with E-state index in [4.69, 9.17) is 32.5 Å². The molecule has 4 atom stereocenters. The number of amides is 3. The molecule has 1 fully saturated rings. The Morgan fingerprint density at radius 1 is 0.971 bits per heavy atom. The first-order chi connectivity index (χ1) is 16.3. The van der Waals surface area contributed by atoms with Gasteiger partial charge in [-0.2, -0.15) is 0 Å². The molecule has 4 unspecified atom stereocenters. The highest BCUT2D eigenvalue weighted by Crippen LogP contribution is 2.19. The van der Waals surface area contributed by atoms with E-state index in [-0.39, 0.29) is 31.9 Å². The predicted octanol–water partition coefficient (Wildman–Crippen LogP) is -3.64. The molecule has 0 aliphatic carbocycles. The fourth-order valence-electron chi connectivity index (χ4n) is 3.46. The molecular formula is C19H31N7O9. The van der Waals surface area contributed by atoms with Crippen molar-refractivity contribution in [3.8, 4) is 0 Å². The number of carboxylic acids is 3. The molecule has 1 aliphatic rings. The van der Waals surface area contributed by atoms with Crippen molar-refractivity contribution in [1.82, 2.24) is 15.5 Å². The van der Waals surface area contributed by atoms with Crippen molar-refractivity contribution in [2.45, 2.75) is 62.7 Å². The number of likely N-dealkylation sites (tertiary alicyclic amines) is 1.